The van der Waals surface area contributed by atoms with Crippen LogP contribution in [-0.2, 0) is 0 Å². The molecule has 12 aromatic rings. The Morgan fingerprint density at radius 1 is 0.379 bits per heavy atom. The monoisotopic (exact) mass is 757 g/mol. The maximum Gasteiger partial charge on any atom is 0.160 e. The van der Waals surface area contributed by atoms with E-state index in [0.717, 1.165) is 94.1 Å². The minimum Gasteiger partial charge on any atom is -0.455 e. The molecule has 0 amide bonds. The first-order valence-corrected chi connectivity index (χ1v) is 20.2. The third-order valence-corrected chi connectivity index (χ3v) is 12.4. The van der Waals surface area contributed by atoms with Crippen LogP contribution in [0, 0.1) is 0 Å². The second-order valence-electron chi connectivity index (χ2n) is 14.7. The summed E-state index contributed by atoms with van der Waals surface area (Å²) in [4.78, 5) is 15.5. The molecule has 0 spiro atoms. The van der Waals surface area contributed by atoms with E-state index in [1.54, 1.807) is 0 Å². The molecule has 0 aliphatic rings. The quantitative estimate of drug-likeness (QED) is 0.164. The first kappa shape index (κ1) is 32.7. The van der Waals surface area contributed by atoms with Gasteiger partial charge in [0.05, 0.1) is 22.6 Å². The van der Waals surface area contributed by atoms with Gasteiger partial charge in [0.15, 0.2) is 5.82 Å². The Balaban J connectivity index is 0.988. The van der Waals surface area contributed by atoms with Gasteiger partial charge < -0.3 is 4.42 Å². The van der Waals surface area contributed by atoms with Crippen LogP contribution in [0.3, 0.4) is 0 Å². The van der Waals surface area contributed by atoms with E-state index in [4.69, 9.17) is 19.4 Å². The molecule has 8 aromatic carbocycles. The van der Waals surface area contributed by atoms with Gasteiger partial charge in [-0.1, -0.05) is 152 Å². The molecule has 5 heteroatoms. The highest BCUT2D eigenvalue weighted by molar-refractivity contribution is 7.25. The summed E-state index contributed by atoms with van der Waals surface area (Å²) < 4.78 is 9.31. The van der Waals surface area contributed by atoms with Crippen molar-refractivity contribution in [1.29, 1.82) is 0 Å². The SMILES string of the molecule is c1ccc(-c2cc(-c3ccc(-c4cccc5c4oc4ccc6c(-c7ccccc7)nc7ccccc7c6c45)cc3)nc(-c3ccc4c(c3)sc3ccccc34)n2)cc1. The molecule has 12 rings (SSSR count). The minimum absolute atomic E-state index is 0.706. The van der Waals surface area contributed by atoms with Crippen LogP contribution in [0.4, 0.5) is 0 Å². The van der Waals surface area contributed by atoms with Gasteiger partial charge in [0.25, 0.3) is 0 Å². The molecule has 270 valence electrons. The average Bonchev–Trinajstić information content (AvgIpc) is 3.87. The van der Waals surface area contributed by atoms with Crippen molar-refractivity contribution in [2.75, 3.05) is 0 Å². The molecule has 0 aliphatic heterocycles. The first-order chi connectivity index (χ1) is 28.7. The van der Waals surface area contributed by atoms with Crippen molar-refractivity contribution >= 4 is 75.1 Å². The number of fused-ring (bicyclic) bond motifs is 10. The van der Waals surface area contributed by atoms with Crippen LogP contribution in [0.2, 0.25) is 0 Å². The fraction of sp³-hybridized carbons (Fsp3) is 0. The zero-order valence-electron chi connectivity index (χ0n) is 31.1. The summed E-state index contributed by atoms with van der Waals surface area (Å²) in [5.74, 6) is 0.706. The molecule has 0 bridgehead atoms. The summed E-state index contributed by atoms with van der Waals surface area (Å²) >= 11 is 1.81. The molecule has 4 nitrogen and oxygen atoms in total. The van der Waals surface area contributed by atoms with E-state index in [-0.39, 0.29) is 0 Å². The van der Waals surface area contributed by atoms with Gasteiger partial charge in [-0.15, -0.1) is 11.3 Å². The van der Waals surface area contributed by atoms with Crippen LogP contribution in [0.15, 0.2) is 192 Å². The minimum atomic E-state index is 0.706. The van der Waals surface area contributed by atoms with Crippen LogP contribution in [-0.4, -0.2) is 15.0 Å². The number of thiophene rings is 1. The van der Waals surface area contributed by atoms with Crippen LogP contribution >= 0.6 is 11.3 Å². The van der Waals surface area contributed by atoms with Crippen molar-refractivity contribution in [2.24, 2.45) is 0 Å². The van der Waals surface area contributed by atoms with Crippen LogP contribution in [0.1, 0.15) is 0 Å². The number of furan rings is 1. The third-order valence-electron chi connectivity index (χ3n) is 11.3. The molecular formula is C53H31N3OS. The summed E-state index contributed by atoms with van der Waals surface area (Å²) in [6.07, 6.45) is 0. The fourth-order valence-corrected chi connectivity index (χ4v) is 9.69. The zero-order chi connectivity index (χ0) is 38.2. The summed E-state index contributed by atoms with van der Waals surface area (Å²) in [6.45, 7) is 0. The number of hydrogen-bond donors (Lipinski definition) is 0. The number of rotatable bonds is 5. The van der Waals surface area contributed by atoms with E-state index < -0.39 is 0 Å². The van der Waals surface area contributed by atoms with E-state index in [1.165, 1.54) is 20.2 Å². The molecule has 4 aromatic heterocycles. The van der Waals surface area contributed by atoms with Gasteiger partial charge in [0, 0.05) is 74.9 Å². The van der Waals surface area contributed by atoms with Gasteiger partial charge in [-0.25, -0.2) is 15.0 Å². The molecule has 0 atom stereocenters. The summed E-state index contributed by atoms with van der Waals surface area (Å²) in [5, 5.41) is 8.12. The second kappa shape index (κ2) is 13.1. The highest BCUT2D eigenvalue weighted by atomic mass is 32.1. The van der Waals surface area contributed by atoms with E-state index in [0.29, 0.717) is 5.82 Å². The molecule has 0 unspecified atom stereocenters. The van der Waals surface area contributed by atoms with Crippen LogP contribution in [0.25, 0.3) is 120 Å². The fourth-order valence-electron chi connectivity index (χ4n) is 8.54. The Hall–Kier alpha value is -7.47. The van der Waals surface area contributed by atoms with Crippen molar-refractivity contribution in [2.45, 2.75) is 0 Å². The van der Waals surface area contributed by atoms with Gasteiger partial charge in [-0.05, 0) is 42.0 Å². The highest BCUT2D eigenvalue weighted by Gasteiger charge is 2.20. The van der Waals surface area contributed by atoms with Gasteiger partial charge in [-0.2, -0.15) is 0 Å². The number of pyridine rings is 1. The maximum absolute atomic E-state index is 6.79. The predicted octanol–water partition coefficient (Wildman–Crippen LogP) is 14.8. The van der Waals surface area contributed by atoms with Crippen molar-refractivity contribution < 1.29 is 4.42 Å². The zero-order valence-corrected chi connectivity index (χ0v) is 31.9. The lowest BCUT2D eigenvalue weighted by Gasteiger charge is -2.11. The van der Waals surface area contributed by atoms with E-state index in [1.807, 2.05) is 23.5 Å². The van der Waals surface area contributed by atoms with Crippen LogP contribution in [0.5, 0.6) is 0 Å². The number of para-hydroxylation sites is 2. The normalized spacial score (nSPS) is 11.8. The molecule has 0 aliphatic carbocycles. The average molecular weight is 758 g/mol. The van der Waals surface area contributed by atoms with E-state index >= 15 is 0 Å². The molecule has 0 N–H and O–H groups in total. The Morgan fingerprint density at radius 2 is 1.00 bits per heavy atom. The molecule has 0 saturated heterocycles. The topological polar surface area (TPSA) is 51.8 Å². The smallest absolute Gasteiger partial charge is 0.160 e. The van der Waals surface area contributed by atoms with Crippen molar-refractivity contribution in [3.63, 3.8) is 0 Å². The van der Waals surface area contributed by atoms with Gasteiger partial charge >= 0.3 is 0 Å². The van der Waals surface area contributed by atoms with Crippen LogP contribution < -0.4 is 0 Å². The lowest BCUT2D eigenvalue weighted by atomic mass is 9.95. The second-order valence-corrected chi connectivity index (χ2v) is 15.8. The largest absolute Gasteiger partial charge is 0.455 e. The maximum atomic E-state index is 6.79. The molecule has 0 radical (unpaired) electrons. The van der Waals surface area contributed by atoms with E-state index in [9.17, 15) is 0 Å². The summed E-state index contributed by atoms with van der Waals surface area (Å²) in [5.41, 5.74) is 11.7. The molecular weight excluding hydrogens is 727 g/mol. The lowest BCUT2D eigenvalue weighted by molar-refractivity contribution is 0.670. The van der Waals surface area contributed by atoms with Gasteiger partial charge in [0.2, 0.25) is 0 Å². The molecule has 0 fully saturated rings. The van der Waals surface area contributed by atoms with Crippen molar-refractivity contribution in [1.82, 2.24) is 15.0 Å². The first-order valence-electron chi connectivity index (χ1n) is 19.4. The number of nitrogens with zero attached hydrogens (tertiary/aromatic N) is 3. The molecule has 0 saturated carbocycles. The third kappa shape index (κ3) is 5.25. The lowest BCUT2D eigenvalue weighted by Crippen LogP contribution is -1.96. The Kier molecular flexibility index (Phi) is 7.37. The molecule has 58 heavy (non-hydrogen) atoms. The van der Waals surface area contributed by atoms with Gasteiger partial charge in [-0.3, -0.25) is 0 Å². The molecule has 4 heterocycles. The van der Waals surface area contributed by atoms with Gasteiger partial charge in [0.1, 0.15) is 11.2 Å². The highest BCUT2D eigenvalue weighted by Crippen LogP contribution is 2.44. The Labute approximate surface area is 337 Å². The van der Waals surface area contributed by atoms with E-state index in [2.05, 4.69) is 176 Å². The standard InChI is InChI=1S/C53H31N3OS/c1-3-12-33(13-4-1)44-31-45(56-53(55-44)36-26-27-39-38-16-8-10-21-47(38)58-48(39)30-36)34-24-22-32(23-25-34)37-18-11-19-42-50-46(57-52(37)42)29-28-41-49(50)40-17-7-9-20-43(40)54-51(41)35-14-5-2-6-15-35/h1-31H. The van der Waals surface area contributed by atoms with Crippen molar-refractivity contribution in [3.8, 4) is 56.3 Å². The number of aromatic nitrogens is 3. The Morgan fingerprint density at radius 3 is 1.81 bits per heavy atom. The predicted molar refractivity (Wildman–Crippen MR) is 242 cm³/mol. The summed E-state index contributed by atoms with van der Waals surface area (Å²) in [6, 6.07) is 65.9. The van der Waals surface area contributed by atoms with Crippen molar-refractivity contribution in [3.05, 3.63) is 188 Å². The number of benzene rings is 8. The number of hydrogen-bond acceptors (Lipinski definition) is 5. The Bertz CT molecular complexity index is 3550. The summed E-state index contributed by atoms with van der Waals surface area (Å²) in [7, 11) is 0.